The third-order valence-corrected chi connectivity index (χ3v) is 5.91. The minimum atomic E-state index is -3.89. The van der Waals surface area contributed by atoms with Gasteiger partial charge in [-0.15, -0.1) is 0 Å². The van der Waals surface area contributed by atoms with Crippen molar-refractivity contribution in [3.8, 4) is 0 Å². The number of nitrogens with zero attached hydrogens (tertiary/aromatic N) is 2. The zero-order chi connectivity index (χ0) is 20.0. The largest absolute Gasteiger partial charge is 0.350 e. The number of sulfonamides is 1. The monoisotopic (exact) mass is 395 g/mol. The molecule has 1 aromatic heterocycles. The van der Waals surface area contributed by atoms with Gasteiger partial charge in [0.05, 0.1) is 10.6 Å². The summed E-state index contributed by atoms with van der Waals surface area (Å²) >= 11 is 0. The van der Waals surface area contributed by atoms with Crippen LogP contribution in [0, 0.1) is 6.92 Å². The Labute approximate surface area is 164 Å². The highest BCUT2D eigenvalue weighted by Gasteiger charge is 2.27. The first-order valence-electron chi connectivity index (χ1n) is 8.77. The summed E-state index contributed by atoms with van der Waals surface area (Å²) in [6, 6.07) is 18.8. The fraction of sp³-hybridized carbons (Fsp3) is 0.143. The van der Waals surface area contributed by atoms with Crippen LogP contribution in [0.5, 0.6) is 0 Å². The summed E-state index contributed by atoms with van der Waals surface area (Å²) in [5.41, 5.74) is 2.19. The minimum absolute atomic E-state index is 0.136. The fourth-order valence-corrected chi connectivity index (χ4v) is 4.14. The number of nitrogens with one attached hydrogen (secondary N) is 1. The van der Waals surface area contributed by atoms with E-state index in [9.17, 15) is 13.2 Å². The summed E-state index contributed by atoms with van der Waals surface area (Å²) in [5.74, 6) is -0.398. The first-order chi connectivity index (χ1) is 13.5. The van der Waals surface area contributed by atoms with Crippen LogP contribution in [0.15, 0.2) is 84.0 Å². The Morgan fingerprint density at radius 2 is 1.82 bits per heavy atom. The number of carbonyl (C=O) groups excluding carboxylic acids is 1. The maximum atomic E-state index is 13.2. The Morgan fingerprint density at radius 1 is 1.04 bits per heavy atom. The molecule has 1 amide bonds. The van der Waals surface area contributed by atoms with Crippen molar-refractivity contribution in [2.45, 2.75) is 18.4 Å². The molecular formula is C21H21N3O3S. The predicted molar refractivity (Wildman–Crippen MR) is 108 cm³/mol. The van der Waals surface area contributed by atoms with Gasteiger partial charge in [-0.1, -0.05) is 36.4 Å². The zero-order valence-corrected chi connectivity index (χ0v) is 16.3. The molecule has 6 nitrogen and oxygen atoms in total. The second-order valence-electron chi connectivity index (χ2n) is 6.30. The van der Waals surface area contributed by atoms with Crippen LogP contribution in [0.2, 0.25) is 0 Å². The standard InChI is InChI=1S/C21H21N3O3S/c1-17-7-5-9-19(13-17)24(28(26,27)20-10-3-2-4-11-20)16-21(25)23-15-18-8-6-12-22-14-18/h2-14H,15-16H2,1H3,(H,23,25). The van der Waals surface area contributed by atoms with Crippen molar-refractivity contribution in [2.24, 2.45) is 0 Å². The SMILES string of the molecule is Cc1cccc(N(CC(=O)NCc2cccnc2)S(=O)(=O)c2ccccc2)c1. The zero-order valence-electron chi connectivity index (χ0n) is 15.4. The number of aromatic nitrogens is 1. The van der Waals surface area contributed by atoms with Crippen LogP contribution in [0.1, 0.15) is 11.1 Å². The third kappa shape index (κ3) is 4.75. The number of benzene rings is 2. The number of carbonyl (C=O) groups is 1. The first-order valence-corrected chi connectivity index (χ1v) is 10.2. The van der Waals surface area contributed by atoms with E-state index < -0.39 is 15.9 Å². The van der Waals surface area contributed by atoms with Crippen molar-refractivity contribution in [3.05, 3.63) is 90.3 Å². The van der Waals surface area contributed by atoms with Crippen LogP contribution in [0.25, 0.3) is 0 Å². The summed E-state index contributed by atoms with van der Waals surface area (Å²) in [7, 11) is -3.89. The van der Waals surface area contributed by atoms with E-state index in [0.29, 0.717) is 5.69 Å². The number of hydrogen-bond acceptors (Lipinski definition) is 4. The van der Waals surface area contributed by atoms with E-state index in [1.807, 2.05) is 19.1 Å². The van der Waals surface area contributed by atoms with Gasteiger partial charge in [-0.3, -0.25) is 14.1 Å². The van der Waals surface area contributed by atoms with Gasteiger partial charge in [0, 0.05) is 18.9 Å². The Bertz CT molecular complexity index is 1040. The molecule has 0 fully saturated rings. The van der Waals surface area contributed by atoms with Gasteiger partial charge in [0.2, 0.25) is 5.91 Å². The maximum absolute atomic E-state index is 13.2. The third-order valence-electron chi connectivity index (χ3n) is 4.12. The van der Waals surface area contributed by atoms with E-state index in [2.05, 4.69) is 10.3 Å². The highest BCUT2D eigenvalue weighted by atomic mass is 32.2. The van der Waals surface area contributed by atoms with Gasteiger partial charge < -0.3 is 5.32 Å². The van der Waals surface area contributed by atoms with Crippen molar-refractivity contribution >= 4 is 21.6 Å². The molecule has 0 aliphatic rings. The Kier molecular flexibility index (Phi) is 6.06. The number of pyridine rings is 1. The number of anilines is 1. The van der Waals surface area contributed by atoms with E-state index in [4.69, 9.17) is 0 Å². The molecule has 0 aliphatic carbocycles. The van der Waals surface area contributed by atoms with Gasteiger partial charge in [0.25, 0.3) is 10.0 Å². The van der Waals surface area contributed by atoms with Gasteiger partial charge in [-0.25, -0.2) is 8.42 Å². The number of amides is 1. The lowest BCUT2D eigenvalue weighted by molar-refractivity contribution is -0.119. The van der Waals surface area contributed by atoms with E-state index >= 15 is 0 Å². The normalized spacial score (nSPS) is 11.0. The summed E-state index contributed by atoms with van der Waals surface area (Å²) in [5, 5.41) is 2.75. The summed E-state index contributed by atoms with van der Waals surface area (Å²) < 4.78 is 27.5. The van der Waals surface area contributed by atoms with Crippen LogP contribution in [0.4, 0.5) is 5.69 Å². The quantitative estimate of drug-likeness (QED) is 0.667. The highest BCUT2D eigenvalue weighted by molar-refractivity contribution is 7.92. The molecule has 0 aliphatic heterocycles. The number of hydrogen-bond donors (Lipinski definition) is 1. The van der Waals surface area contributed by atoms with E-state index in [1.165, 1.54) is 12.1 Å². The molecule has 7 heteroatoms. The molecule has 3 rings (SSSR count). The number of rotatable bonds is 7. The first kappa shape index (κ1) is 19.6. The number of aryl methyl sites for hydroxylation is 1. The van der Waals surface area contributed by atoms with Crippen LogP contribution < -0.4 is 9.62 Å². The van der Waals surface area contributed by atoms with E-state index in [1.54, 1.807) is 54.9 Å². The molecule has 0 saturated heterocycles. The summed E-state index contributed by atoms with van der Waals surface area (Å²) in [6.07, 6.45) is 3.30. The average Bonchev–Trinajstić information content (AvgIpc) is 2.72. The van der Waals surface area contributed by atoms with E-state index in [0.717, 1.165) is 15.4 Å². The van der Waals surface area contributed by atoms with Gasteiger partial charge in [-0.05, 0) is 48.4 Å². The molecule has 3 aromatic rings. The Morgan fingerprint density at radius 3 is 2.50 bits per heavy atom. The second kappa shape index (κ2) is 8.67. The van der Waals surface area contributed by atoms with Gasteiger partial charge in [0.1, 0.15) is 6.54 Å². The topological polar surface area (TPSA) is 79.4 Å². The average molecular weight is 395 g/mol. The van der Waals surface area contributed by atoms with E-state index in [-0.39, 0.29) is 18.0 Å². The molecule has 2 aromatic carbocycles. The molecule has 1 heterocycles. The summed E-state index contributed by atoms with van der Waals surface area (Å²) in [6.45, 7) is 1.83. The summed E-state index contributed by atoms with van der Waals surface area (Å²) in [4.78, 5) is 16.7. The Hall–Kier alpha value is -3.19. The van der Waals surface area contributed by atoms with Crippen molar-refractivity contribution in [2.75, 3.05) is 10.8 Å². The lowest BCUT2D eigenvalue weighted by Crippen LogP contribution is -2.40. The van der Waals surface area contributed by atoms with Crippen LogP contribution in [-0.4, -0.2) is 25.9 Å². The molecule has 0 unspecified atom stereocenters. The maximum Gasteiger partial charge on any atom is 0.264 e. The Balaban J connectivity index is 1.85. The molecule has 144 valence electrons. The fourth-order valence-electron chi connectivity index (χ4n) is 2.71. The van der Waals surface area contributed by atoms with Crippen LogP contribution in [0.3, 0.4) is 0 Å². The lowest BCUT2D eigenvalue weighted by Gasteiger charge is -2.24. The predicted octanol–water partition coefficient (Wildman–Crippen LogP) is 2.90. The molecule has 1 N–H and O–H groups in total. The molecule has 0 atom stereocenters. The van der Waals surface area contributed by atoms with Crippen molar-refractivity contribution in [1.29, 1.82) is 0 Å². The molecule has 0 saturated carbocycles. The molecular weight excluding hydrogens is 374 g/mol. The van der Waals surface area contributed by atoms with Gasteiger partial charge in [-0.2, -0.15) is 0 Å². The highest BCUT2D eigenvalue weighted by Crippen LogP contribution is 2.24. The van der Waals surface area contributed by atoms with Crippen LogP contribution in [-0.2, 0) is 21.4 Å². The lowest BCUT2D eigenvalue weighted by atomic mass is 10.2. The van der Waals surface area contributed by atoms with Crippen molar-refractivity contribution < 1.29 is 13.2 Å². The minimum Gasteiger partial charge on any atom is -0.350 e. The van der Waals surface area contributed by atoms with Gasteiger partial charge >= 0.3 is 0 Å². The van der Waals surface area contributed by atoms with Crippen molar-refractivity contribution in [3.63, 3.8) is 0 Å². The van der Waals surface area contributed by atoms with Crippen LogP contribution >= 0.6 is 0 Å². The molecule has 0 radical (unpaired) electrons. The smallest absolute Gasteiger partial charge is 0.264 e. The molecule has 28 heavy (non-hydrogen) atoms. The molecule has 0 bridgehead atoms. The van der Waals surface area contributed by atoms with Gasteiger partial charge in [0.15, 0.2) is 0 Å². The second-order valence-corrected chi connectivity index (χ2v) is 8.16. The molecule has 0 spiro atoms. The van der Waals surface area contributed by atoms with Crippen molar-refractivity contribution in [1.82, 2.24) is 10.3 Å².